The first kappa shape index (κ1) is 16.8. The van der Waals surface area contributed by atoms with Gasteiger partial charge in [-0.1, -0.05) is 45.0 Å². The highest BCUT2D eigenvalue weighted by molar-refractivity contribution is 5.26. The summed E-state index contributed by atoms with van der Waals surface area (Å²) in [6.45, 7) is 9.11. The number of benzene rings is 1. The van der Waals surface area contributed by atoms with Crippen LogP contribution in [0.15, 0.2) is 41.3 Å². The minimum Gasteiger partial charge on any atom is -0.503 e. The number of hydrogen-bond donors (Lipinski definition) is 1. The van der Waals surface area contributed by atoms with E-state index in [0.717, 1.165) is 31.7 Å². The highest BCUT2D eigenvalue weighted by Crippen LogP contribution is 2.33. The highest BCUT2D eigenvalue weighted by atomic mass is 16.3. The van der Waals surface area contributed by atoms with Crippen molar-refractivity contribution in [3.8, 4) is 5.75 Å². The molecule has 0 saturated heterocycles. The standard InChI is InChI=1S/C20H26N2O2/c1-4-15-5-7-16(8-6-15)12-22-10-9-21-13-19(24)18(23)11-17(21)20(22)14(2)3/h5-8,11,13-14,20,24H,4,9-10,12H2,1-3H3. The van der Waals surface area contributed by atoms with Gasteiger partial charge in [-0.3, -0.25) is 9.69 Å². The first-order valence-electron chi connectivity index (χ1n) is 8.74. The zero-order valence-corrected chi connectivity index (χ0v) is 14.7. The first-order valence-corrected chi connectivity index (χ1v) is 8.74. The van der Waals surface area contributed by atoms with Crippen LogP contribution in [0.2, 0.25) is 0 Å². The Bertz CT molecular complexity index is 762. The van der Waals surface area contributed by atoms with Gasteiger partial charge in [0.25, 0.3) is 0 Å². The SMILES string of the molecule is CCc1ccc(CN2CCn3cc(O)c(=O)cc3C2C(C)C)cc1. The maximum atomic E-state index is 11.9. The van der Waals surface area contributed by atoms with Crippen LogP contribution in [0, 0.1) is 5.92 Å². The molecule has 0 radical (unpaired) electrons. The molecule has 0 fully saturated rings. The van der Waals surface area contributed by atoms with E-state index in [2.05, 4.69) is 49.9 Å². The van der Waals surface area contributed by atoms with Crippen LogP contribution in [-0.4, -0.2) is 21.1 Å². The number of rotatable bonds is 4. The Labute approximate surface area is 143 Å². The summed E-state index contributed by atoms with van der Waals surface area (Å²) >= 11 is 0. The molecule has 0 spiro atoms. The number of nitrogens with zero attached hydrogens (tertiary/aromatic N) is 2. The lowest BCUT2D eigenvalue weighted by molar-refractivity contribution is 0.110. The fourth-order valence-corrected chi connectivity index (χ4v) is 3.64. The molecule has 2 aromatic rings. The highest BCUT2D eigenvalue weighted by Gasteiger charge is 2.30. The summed E-state index contributed by atoms with van der Waals surface area (Å²) in [6.07, 6.45) is 2.64. The topological polar surface area (TPSA) is 45.5 Å². The fraction of sp³-hybridized carbons (Fsp3) is 0.450. The van der Waals surface area contributed by atoms with E-state index in [4.69, 9.17) is 0 Å². The number of aromatic nitrogens is 1. The molecule has 1 atom stereocenters. The van der Waals surface area contributed by atoms with Crippen LogP contribution in [0.3, 0.4) is 0 Å². The van der Waals surface area contributed by atoms with Crippen molar-refractivity contribution in [3.05, 3.63) is 63.6 Å². The Morgan fingerprint density at radius 2 is 1.83 bits per heavy atom. The van der Waals surface area contributed by atoms with E-state index < -0.39 is 0 Å². The van der Waals surface area contributed by atoms with Gasteiger partial charge in [0.05, 0.1) is 12.2 Å². The third-order valence-corrected chi connectivity index (χ3v) is 4.91. The smallest absolute Gasteiger partial charge is 0.223 e. The molecule has 0 saturated carbocycles. The van der Waals surface area contributed by atoms with Gasteiger partial charge < -0.3 is 9.67 Å². The number of fused-ring (bicyclic) bond motifs is 1. The van der Waals surface area contributed by atoms with Gasteiger partial charge >= 0.3 is 0 Å². The van der Waals surface area contributed by atoms with Crippen LogP contribution in [0.5, 0.6) is 5.75 Å². The van der Waals surface area contributed by atoms with Crippen LogP contribution < -0.4 is 5.43 Å². The molecular formula is C20H26N2O2. The van der Waals surface area contributed by atoms with Crippen molar-refractivity contribution < 1.29 is 5.11 Å². The first-order chi connectivity index (χ1) is 11.5. The molecule has 3 rings (SSSR count). The van der Waals surface area contributed by atoms with Crippen molar-refractivity contribution in [2.45, 2.75) is 46.3 Å². The molecule has 1 aromatic heterocycles. The van der Waals surface area contributed by atoms with E-state index in [9.17, 15) is 9.90 Å². The van der Waals surface area contributed by atoms with Gasteiger partial charge in [0.15, 0.2) is 5.75 Å². The summed E-state index contributed by atoms with van der Waals surface area (Å²) in [6, 6.07) is 10.6. The van der Waals surface area contributed by atoms with E-state index in [-0.39, 0.29) is 17.2 Å². The second kappa shape index (κ2) is 6.81. The second-order valence-corrected chi connectivity index (χ2v) is 6.97. The van der Waals surface area contributed by atoms with Crippen LogP contribution in [-0.2, 0) is 19.5 Å². The third-order valence-electron chi connectivity index (χ3n) is 4.91. The fourth-order valence-electron chi connectivity index (χ4n) is 3.64. The van der Waals surface area contributed by atoms with Crippen molar-refractivity contribution >= 4 is 0 Å². The normalized spacial score (nSPS) is 17.9. The van der Waals surface area contributed by atoms with Gasteiger partial charge in [-0.15, -0.1) is 0 Å². The summed E-state index contributed by atoms with van der Waals surface area (Å²) in [5.74, 6) is 0.222. The van der Waals surface area contributed by atoms with Crippen LogP contribution in [0.4, 0.5) is 0 Å². The molecule has 24 heavy (non-hydrogen) atoms. The predicted octanol–water partition coefficient (Wildman–Crippen LogP) is 3.33. The largest absolute Gasteiger partial charge is 0.503 e. The molecule has 1 N–H and O–H groups in total. The molecule has 0 amide bonds. The molecule has 2 heterocycles. The molecule has 0 bridgehead atoms. The third kappa shape index (κ3) is 3.24. The predicted molar refractivity (Wildman–Crippen MR) is 96.2 cm³/mol. The quantitative estimate of drug-likeness (QED) is 0.937. The lowest BCUT2D eigenvalue weighted by Crippen LogP contribution is -2.41. The van der Waals surface area contributed by atoms with E-state index >= 15 is 0 Å². The van der Waals surface area contributed by atoms with Gasteiger partial charge in [-0.25, -0.2) is 0 Å². The number of hydrogen-bond acceptors (Lipinski definition) is 3. The average Bonchev–Trinajstić information content (AvgIpc) is 2.56. The molecule has 1 aromatic carbocycles. The molecule has 0 aliphatic carbocycles. The Balaban J connectivity index is 1.90. The Morgan fingerprint density at radius 1 is 1.17 bits per heavy atom. The van der Waals surface area contributed by atoms with Crippen LogP contribution in [0.25, 0.3) is 0 Å². The lowest BCUT2D eigenvalue weighted by Gasteiger charge is -2.40. The average molecular weight is 326 g/mol. The summed E-state index contributed by atoms with van der Waals surface area (Å²) in [4.78, 5) is 14.4. The van der Waals surface area contributed by atoms with E-state index in [1.165, 1.54) is 11.1 Å². The van der Waals surface area contributed by atoms with Crippen LogP contribution in [0.1, 0.15) is 43.6 Å². The van der Waals surface area contributed by atoms with Gasteiger partial charge in [-0.2, -0.15) is 0 Å². The molecular weight excluding hydrogens is 300 g/mol. The molecule has 1 aliphatic rings. The minimum atomic E-state index is -0.291. The number of pyridine rings is 1. The van der Waals surface area contributed by atoms with Crippen LogP contribution >= 0.6 is 0 Å². The maximum absolute atomic E-state index is 11.9. The molecule has 1 unspecified atom stereocenters. The molecule has 4 heteroatoms. The van der Waals surface area contributed by atoms with Gasteiger partial charge in [-0.05, 0) is 23.5 Å². The summed E-state index contributed by atoms with van der Waals surface area (Å²) in [5, 5.41) is 9.70. The van der Waals surface area contributed by atoms with E-state index in [0.29, 0.717) is 5.92 Å². The van der Waals surface area contributed by atoms with Gasteiger partial charge in [0.1, 0.15) is 0 Å². The molecule has 128 valence electrons. The number of aryl methyl sites for hydroxylation is 1. The van der Waals surface area contributed by atoms with Crippen molar-refractivity contribution in [2.24, 2.45) is 5.92 Å². The Hall–Kier alpha value is -2.07. The molecule has 1 aliphatic heterocycles. The van der Waals surface area contributed by atoms with Crippen molar-refractivity contribution in [1.82, 2.24) is 9.47 Å². The van der Waals surface area contributed by atoms with Gasteiger partial charge in [0.2, 0.25) is 5.43 Å². The second-order valence-electron chi connectivity index (χ2n) is 6.97. The maximum Gasteiger partial charge on any atom is 0.223 e. The van der Waals surface area contributed by atoms with E-state index in [1.54, 1.807) is 12.3 Å². The van der Waals surface area contributed by atoms with Crippen molar-refractivity contribution in [3.63, 3.8) is 0 Å². The Kier molecular flexibility index (Phi) is 4.76. The zero-order chi connectivity index (χ0) is 17.3. The van der Waals surface area contributed by atoms with Crippen molar-refractivity contribution in [2.75, 3.05) is 6.54 Å². The molecule has 4 nitrogen and oxygen atoms in total. The summed E-state index contributed by atoms with van der Waals surface area (Å²) in [5.41, 5.74) is 3.36. The summed E-state index contributed by atoms with van der Waals surface area (Å²) < 4.78 is 2.03. The zero-order valence-electron chi connectivity index (χ0n) is 14.7. The monoisotopic (exact) mass is 326 g/mol. The number of aromatic hydroxyl groups is 1. The van der Waals surface area contributed by atoms with Crippen molar-refractivity contribution in [1.29, 1.82) is 0 Å². The lowest BCUT2D eigenvalue weighted by atomic mass is 9.95. The summed E-state index contributed by atoms with van der Waals surface area (Å²) in [7, 11) is 0. The van der Waals surface area contributed by atoms with E-state index in [1.807, 2.05) is 4.57 Å². The minimum absolute atomic E-state index is 0.162. The van der Waals surface area contributed by atoms with Gasteiger partial charge in [0, 0.05) is 31.4 Å². The Morgan fingerprint density at radius 3 is 2.46 bits per heavy atom.